The Morgan fingerprint density at radius 2 is 1.91 bits per heavy atom. The van der Waals surface area contributed by atoms with Crippen molar-refractivity contribution in [3.05, 3.63) is 70.6 Å². The monoisotopic (exact) mass is 315 g/mol. The summed E-state index contributed by atoms with van der Waals surface area (Å²) in [7, 11) is 1.53. The first kappa shape index (κ1) is 14.5. The van der Waals surface area contributed by atoms with E-state index >= 15 is 0 Å². The molecule has 1 atom stereocenters. The summed E-state index contributed by atoms with van der Waals surface area (Å²) in [4.78, 5) is 12.7. The van der Waals surface area contributed by atoms with Crippen LogP contribution >= 0.6 is 11.6 Å². The molecule has 0 aromatic heterocycles. The average Bonchev–Trinajstić information content (AvgIpc) is 2.82. The molecule has 0 saturated carbocycles. The summed E-state index contributed by atoms with van der Waals surface area (Å²) in [5.41, 5.74) is 7.60. The summed E-state index contributed by atoms with van der Waals surface area (Å²) in [5.74, 6) is 0.468. The second-order valence-corrected chi connectivity index (χ2v) is 5.33. The molecule has 1 unspecified atom stereocenters. The fourth-order valence-electron chi connectivity index (χ4n) is 2.45. The number of nitrogens with two attached hydrogens (primary N) is 1. The molecule has 0 radical (unpaired) electrons. The van der Waals surface area contributed by atoms with Gasteiger partial charge in [0.05, 0.1) is 12.7 Å². The molecule has 22 heavy (non-hydrogen) atoms. The predicted molar refractivity (Wildman–Crippen MR) is 84.4 cm³/mol. The van der Waals surface area contributed by atoms with Gasteiger partial charge >= 0.3 is 0 Å². The van der Waals surface area contributed by atoms with Gasteiger partial charge in [0, 0.05) is 10.6 Å². The molecule has 2 aromatic rings. The van der Waals surface area contributed by atoms with Gasteiger partial charge in [-0.05, 0) is 23.8 Å². The molecule has 3 rings (SSSR count). The van der Waals surface area contributed by atoms with Gasteiger partial charge in [0.2, 0.25) is 5.78 Å². The number of hydrogen-bond acceptors (Lipinski definition) is 4. The van der Waals surface area contributed by atoms with E-state index in [1.165, 1.54) is 7.11 Å². The normalized spacial score (nSPS) is 17.5. The molecule has 5 heteroatoms. The Morgan fingerprint density at radius 1 is 1.18 bits per heavy atom. The molecular weight excluding hydrogens is 302 g/mol. The Balaban J connectivity index is 2.00. The van der Waals surface area contributed by atoms with E-state index in [0.29, 0.717) is 21.9 Å². The van der Waals surface area contributed by atoms with Crippen LogP contribution in [0.25, 0.3) is 5.57 Å². The molecular formula is C17H14ClNO3. The third-order valence-corrected chi connectivity index (χ3v) is 3.69. The molecule has 1 aliphatic heterocycles. The van der Waals surface area contributed by atoms with E-state index in [4.69, 9.17) is 26.8 Å². The van der Waals surface area contributed by atoms with Gasteiger partial charge in [0.15, 0.2) is 12.0 Å². The second kappa shape index (κ2) is 5.73. The topological polar surface area (TPSA) is 61.6 Å². The smallest absolute Gasteiger partial charge is 0.213 e. The number of carbonyl (C=O) groups is 1. The molecule has 0 aliphatic carbocycles. The number of halogens is 1. The Bertz CT molecular complexity index is 756. The van der Waals surface area contributed by atoms with E-state index < -0.39 is 6.10 Å². The Hall–Kier alpha value is -2.46. The van der Waals surface area contributed by atoms with Crippen molar-refractivity contribution in [2.75, 3.05) is 7.11 Å². The lowest BCUT2D eigenvalue weighted by atomic mass is 9.97. The van der Waals surface area contributed by atoms with Gasteiger partial charge in [-0.15, -0.1) is 0 Å². The molecule has 0 spiro atoms. The fourth-order valence-corrected chi connectivity index (χ4v) is 2.67. The van der Waals surface area contributed by atoms with E-state index in [-0.39, 0.29) is 11.7 Å². The minimum atomic E-state index is -0.721. The van der Waals surface area contributed by atoms with E-state index in [9.17, 15) is 4.79 Å². The zero-order valence-electron chi connectivity index (χ0n) is 11.9. The first-order valence-corrected chi connectivity index (χ1v) is 7.08. The maximum absolute atomic E-state index is 12.7. The predicted octanol–water partition coefficient (Wildman–Crippen LogP) is 3.32. The van der Waals surface area contributed by atoms with Gasteiger partial charge in [-0.3, -0.25) is 4.79 Å². The average molecular weight is 316 g/mol. The van der Waals surface area contributed by atoms with Gasteiger partial charge in [-0.2, -0.15) is 0 Å². The van der Waals surface area contributed by atoms with Gasteiger partial charge in [0.25, 0.3) is 0 Å². The first-order chi connectivity index (χ1) is 10.6. The maximum Gasteiger partial charge on any atom is 0.213 e. The SMILES string of the molecule is COc1cc(Cl)cc(C2=C(N)OC(c3ccccc3)C2=O)c1. The summed E-state index contributed by atoms with van der Waals surface area (Å²) in [5, 5.41) is 0.464. The third kappa shape index (κ3) is 2.53. The summed E-state index contributed by atoms with van der Waals surface area (Å²) < 4.78 is 10.7. The highest BCUT2D eigenvalue weighted by molar-refractivity contribution is 6.31. The Kier molecular flexibility index (Phi) is 3.77. The van der Waals surface area contributed by atoms with E-state index in [1.54, 1.807) is 18.2 Å². The molecule has 2 N–H and O–H groups in total. The number of methoxy groups -OCH3 is 1. The fraction of sp³-hybridized carbons (Fsp3) is 0.118. The highest BCUT2D eigenvalue weighted by atomic mass is 35.5. The molecule has 0 fully saturated rings. The number of benzene rings is 2. The molecule has 2 aromatic carbocycles. The van der Waals surface area contributed by atoms with E-state index in [0.717, 1.165) is 5.56 Å². The summed E-state index contributed by atoms with van der Waals surface area (Å²) >= 11 is 6.06. The zero-order chi connectivity index (χ0) is 15.7. The van der Waals surface area contributed by atoms with Crippen molar-refractivity contribution < 1.29 is 14.3 Å². The molecule has 0 saturated heterocycles. The molecule has 4 nitrogen and oxygen atoms in total. The Labute approximate surface area is 133 Å². The quantitative estimate of drug-likeness (QED) is 0.944. The highest BCUT2D eigenvalue weighted by Crippen LogP contribution is 2.37. The van der Waals surface area contributed by atoms with Gasteiger partial charge in [0.1, 0.15) is 5.75 Å². The molecule has 1 aliphatic rings. The van der Waals surface area contributed by atoms with Crippen LogP contribution in [0.5, 0.6) is 5.75 Å². The number of carbonyl (C=O) groups excluding carboxylic acids is 1. The minimum absolute atomic E-state index is 0.100. The van der Waals surface area contributed by atoms with Crippen LogP contribution in [0.3, 0.4) is 0 Å². The second-order valence-electron chi connectivity index (χ2n) is 4.89. The van der Waals surface area contributed by atoms with E-state index in [1.807, 2.05) is 30.3 Å². The lowest BCUT2D eigenvalue weighted by molar-refractivity contribution is -0.120. The summed E-state index contributed by atoms with van der Waals surface area (Å²) in [6.07, 6.45) is -0.721. The van der Waals surface area contributed by atoms with Gasteiger partial charge < -0.3 is 15.2 Å². The van der Waals surface area contributed by atoms with Crippen LogP contribution < -0.4 is 10.5 Å². The van der Waals surface area contributed by atoms with Crippen LogP contribution in [-0.4, -0.2) is 12.9 Å². The van der Waals surface area contributed by atoms with Crippen molar-refractivity contribution >= 4 is 23.0 Å². The molecule has 112 valence electrons. The Morgan fingerprint density at radius 3 is 2.59 bits per heavy atom. The highest BCUT2D eigenvalue weighted by Gasteiger charge is 2.36. The summed E-state index contributed by atoms with van der Waals surface area (Å²) in [6.45, 7) is 0. The van der Waals surface area contributed by atoms with Crippen molar-refractivity contribution in [1.29, 1.82) is 0 Å². The standard InChI is InChI=1S/C17H14ClNO3/c1-21-13-8-11(7-12(18)9-13)14-15(20)16(22-17(14)19)10-5-3-2-4-6-10/h2-9,16H,19H2,1H3. The minimum Gasteiger partial charge on any atom is -0.497 e. The van der Waals surface area contributed by atoms with Crippen molar-refractivity contribution in [2.45, 2.75) is 6.10 Å². The van der Waals surface area contributed by atoms with Crippen LogP contribution in [0, 0.1) is 0 Å². The number of ether oxygens (including phenoxy) is 2. The van der Waals surface area contributed by atoms with Crippen molar-refractivity contribution in [1.82, 2.24) is 0 Å². The zero-order valence-corrected chi connectivity index (χ0v) is 12.6. The number of Topliss-reactive ketones (excluding diaryl/α,β-unsaturated/α-hetero) is 1. The van der Waals surface area contributed by atoms with Gasteiger partial charge in [-0.1, -0.05) is 41.9 Å². The summed E-state index contributed by atoms with van der Waals surface area (Å²) in [6, 6.07) is 14.3. The van der Waals surface area contributed by atoms with Crippen LogP contribution in [0.4, 0.5) is 0 Å². The maximum atomic E-state index is 12.7. The van der Waals surface area contributed by atoms with Crippen LogP contribution in [0.2, 0.25) is 5.02 Å². The number of hydrogen-bond donors (Lipinski definition) is 1. The van der Waals surface area contributed by atoms with Crippen LogP contribution in [0.15, 0.2) is 54.4 Å². The molecule has 0 bridgehead atoms. The number of rotatable bonds is 3. The molecule has 0 amide bonds. The largest absolute Gasteiger partial charge is 0.497 e. The van der Waals surface area contributed by atoms with Crippen LogP contribution in [0.1, 0.15) is 17.2 Å². The molecule has 1 heterocycles. The lowest BCUT2D eigenvalue weighted by Crippen LogP contribution is -2.09. The third-order valence-electron chi connectivity index (χ3n) is 3.47. The van der Waals surface area contributed by atoms with Crippen molar-refractivity contribution in [3.63, 3.8) is 0 Å². The van der Waals surface area contributed by atoms with Gasteiger partial charge in [-0.25, -0.2) is 0 Å². The lowest BCUT2D eigenvalue weighted by Gasteiger charge is -2.10. The van der Waals surface area contributed by atoms with E-state index in [2.05, 4.69) is 0 Å². The van der Waals surface area contributed by atoms with Crippen molar-refractivity contribution in [3.8, 4) is 5.75 Å². The number of ketones is 1. The van der Waals surface area contributed by atoms with Crippen LogP contribution in [-0.2, 0) is 9.53 Å². The first-order valence-electron chi connectivity index (χ1n) is 6.70. The van der Waals surface area contributed by atoms with Crippen molar-refractivity contribution in [2.24, 2.45) is 5.73 Å².